The molecular weight excluding hydrogens is 260 g/mol. The van der Waals surface area contributed by atoms with Gasteiger partial charge in [-0.1, -0.05) is 36.4 Å². The summed E-state index contributed by atoms with van der Waals surface area (Å²) in [6.45, 7) is 4.10. The van der Waals surface area contributed by atoms with Crippen LogP contribution in [-0.4, -0.2) is 20.4 Å². The topological polar surface area (TPSA) is 33.6 Å². The van der Waals surface area contributed by atoms with Gasteiger partial charge in [0, 0.05) is 31.6 Å². The molecule has 0 saturated heterocycles. The first kappa shape index (κ1) is 15.3. The molecule has 0 bridgehead atoms. The highest BCUT2D eigenvalue weighted by Crippen LogP contribution is 2.33. The number of aliphatic imine (C=N–C) groups is 1. The number of anilines is 1. The highest BCUT2D eigenvalue weighted by Gasteiger charge is 2.22. The van der Waals surface area contributed by atoms with Crippen LogP contribution in [0, 0.1) is 0 Å². The van der Waals surface area contributed by atoms with Crippen molar-refractivity contribution in [3.8, 4) is 0 Å². The summed E-state index contributed by atoms with van der Waals surface area (Å²) in [4.78, 5) is 4.53. The Balaban J connectivity index is 2.29. The number of benzene rings is 2. The Hall–Kier alpha value is -2.13. The fourth-order valence-corrected chi connectivity index (χ4v) is 2.14. The summed E-state index contributed by atoms with van der Waals surface area (Å²) in [5.74, 6) is 0. The predicted octanol–water partition coefficient (Wildman–Crippen LogP) is 4.36. The van der Waals surface area contributed by atoms with Crippen LogP contribution in [0.4, 0.5) is 11.4 Å². The van der Waals surface area contributed by atoms with Gasteiger partial charge in [0.05, 0.1) is 11.3 Å². The Morgan fingerprint density at radius 1 is 1.10 bits per heavy atom. The minimum absolute atomic E-state index is 0.333. The molecule has 1 N–H and O–H groups in total. The van der Waals surface area contributed by atoms with E-state index >= 15 is 0 Å². The van der Waals surface area contributed by atoms with Gasteiger partial charge in [0.1, 0.15) is 0 Å². The third-order valence-electron chi connectivity index (χ3n) is 3.59. The number of hydrogen-bond acceptors (Lipinski definition) is 3. The summed E-state index contributed by atoms with van der Waals surface area (Å²) in [6.07, 6.45) is 1.87. The van der Waals surface area contributed by atoms with Gasteiger partial charge < -0.3 is 10.1 Å². The van der Waals surface area contributed by atoms with Gasteiger partial charge in [-0.25, -0.2) is 0 Å². The molecule has 0 radical (unpaired) electrons. The van der Waals surface area contributed by atoms with Crippen LogP contribution in [-0.2, 0) is 10.3 Å². The van der Waals surface area contributed by atoms with Crippen LogP contribution >= 0.6 is 0 Å². The Kier molecular flexibility index (Phi) is 4.76. The van der Waals surface area contributed by atoms with E-state index in [0.717, 1.165) is 22.5 Å². The minimum atomic E-state index is -0.333. The van der Waals surface area contributed by atoms with Gasteiger partial charge in [-0.2, -0.15) is 0 Å². The number of ether oxygens (including phenoxy) is 1. The number of nitrogens with one attached hydrogen (secondary N) is 1. The van der Waals surface area contributed by atoms with Crippen molar-refractivity contribution in [2.24, 2.45) is 4.99 Å². The van der Waals surface area contributed by atoms with Gasteiger partial charge in [-0.05, 0) is 31.5 Å². The summed E-state index contributed by atoms with van der Waals surface area (Å²) >= 11 is 0. The summed E-state index contributed by atoms with van der Waals surface area (Å²) in [6, 6.07) is 16.2. The first-order valence-electron chi connectivity index (χ1n) is 7.03. The number of nitrogens with zero attached hydrogens (tertiary/aromatic N) is 1. The molecule has 2 aromatic rings. The maximum Gasteiger partial charge on any atom is 0.0891 e. The lowest BCUT2D eigenvalue weighted by molar-refractivity contribution is 0.0198. The molecule has 0 aromatic heterocycles. The van der Waals surface area contributed by atoms with Crippen molar-refractivity contribution >= 4 is 17.6 Å². The maximum atomic E-state index is 5.56. The molecule has 0 unspecified atom stereocenters. The van der Waals surface area contributed by atoms with E-state index < -0.39 is 0 Å². The molecule has 0 saturated carbocycles. The molecule has 2 aromatic carbocycles. The Morgan fingerprint density at radius 2 is 1.81 bits per heavy atom. The molecule has 2 rings (SSSR count). The van der Waals surface area contributed by atoms with Crippen molar-refractivity contribution in [2.45, 2.75) is 19.4 Å². The van der Waals surface area contributed by atoms with E-state index in [4.69, 9.17) is 4.74 Å². The van der Waals surface area contributed by atoms with Crippen molar-refractivity contribution in [2.75, 3.05) is 19.5 Å². The van der Waals surface area contributed by atoms with Crippen LogP contribution in [0.15, 0.2) is 53.5 Å². The molecule has 0 aliphatic carbocycles. The van der Waals surface area contributed by atoms with E-state index in [0.29, 0.717) is 0 Å². The van der Waals surface area contributed by atoms with Crippen molar-refractivity contribution in [1.29, 1.82) is 0 Å². The first-order chi connectivity index (χ1) is 10.1. The molecule has 3 heteroatoms. The fraction of sp³-hybridized carbons (Fsp3) is 0.278. The Labute approximate surface area is 126 Å². The molecule has 0 atom stereocenters. The van der Waals surface area contributed by atoms with Gasteiger partial charge in [0.25, 0.3) is 0 Å². The van der Waals surface area contributed by atoms with E-state index in [-0.39, 0.29) is 5.60 Å². The summed E-state index contributed by atoms with van der Waals surface area (Å²) < 4.78 is 5.56. The molecule has 0 aliphatic rings. The second-order valence-electron chi connectivity index (χ2n) is 5.36. The lowest BCUT2D eigenvalue weighted by Gasteiger charge is -2.26. The lowest BCUT2D eigenvalue weighted by atomic mass is 9.95. The van der Waals surface area contributed by atoms with Gasteiger partial charge in [-0.15, -0.1) is 0 Å². The number of rotatable bonds is 5. The van der Waals surface area contributed by atoms with E-state index in [1.807, 2.05) is 55.7 Å². The highest BCUT2D eigenvalue weighted by molar-refractivity contribution is 5.82. The largest absolute Gasteiger partial charge is 0.388 e. The molecule has 110 valence electrons. The average Bonchev–Trinajstić information content (AvgIpc) is 2.53. The van der Waals surface area contributed by atoms with Crippen molar-refractivity contribution < 1.29 is 4.74 Å². The van der Waals surface area contributed by atoms with Crippen LogP contribution in [0.1, 0.15) is 25.0 Å². The summed E-state index contributed by atoms with van der Waals surface area (Å²) in [5.41, 5.74) is 3.82. The molecule has 0 amide bonds. The standard InChI is InChI=1S/C18H22N2O/c1-18(2,21-4)16-11-10-15(12-17(16)19-3)20-13-14-8-6-5-7-9-14/h5-13,19H,1-4H3. The highest BCUT2D eigenvalue weighted by atomic mass is 16.5. The zero-order valence-electron chi connectivity index (χ0n) is 13.1. The summed E-state index contributed by atoms with van der Waals surface area (Å²) in [7, 11) is 3.64. The van der Waals surface area contributed by atoms with Gasteiger partial charge >= 0.3 is 0 Å². The normalized spacial score (nSPS) is 11.8. The van der Waals surface area contributed by atoms with Crippen molar-refractivity contribution in [3.63, 3.8) is 0 Å². The molecule has 0 aliphatic heterocycles. The van der Waals surface area contributed by atoms with Crippen molar-refractivity contribution in [3.05, 3.63) is 59.7 Å². The van der Waals surface area contributed by atoms with Gasteiger partial charge in [0.15, 0.2) is 0 Å². The Morgan fingerprint density at radius 3 is 2.43 bits per heavy atom. The fourth-order valence-electron chi connectivity index (χ4n) is 2.14. The maximum absolute atomic E-state index is 5.56. The van der Waals surface area contributed by atoms with E-state index in [9.17, 15) is 0 Å². The van der Waals surface area contributed by atoms with Crippen LogP contribution in [0.25, 0.3) is 0 Å². The van der Waals surface area contributed by atoms with Crippen LogP contribution in [0.2, 0.25) is 0 Å². The molecule has 0 heterocycles. The first-order valence-corrected chi connectivity index (χ1v) is 7.03. The van der Waals surface area contributed by atoms with E-state index in [1.165, 1.54) is 0 Å². The van der Waals surface area contributed by atoms with Crippen LogP contribution < -0.4 is 5.32 Å². The lowest BCUT2D eigenvalue weighted by Crippen LogP contribution is -2.20. The second-order valence-corrected chi connectivity index (χ2v) is 5.36. The molecular formula is C18H22N2O. The number of methoxy groups -OCH3 is 1. The quantitative estimate of drug-likeness (QED) is 0.827. The van der Waals surface area contributed by atoms with Gasteiger partial charge in [-0.3, -0.25) is 4.99 Å². The third-order valence-corrected chi connectivity index (χ3v) is 3.59. The second kappa shape index (κ2) is 6.55. The molecule has 21 heavy (non-hydrogen) atoms. The molecule has 3 nitrogen and oxygen atoms in total. The Bertz CT molecular complexity index is 618. The molecule has 0 spiro atoms. The van der Waals surface area contributed by atoms with E-state index in [1.54, 1.807) is 7.11 Å². The minimum Gasteiger partial charge on any atom is -0.388 e. The predicted molar refractivity (Wildman–Crippen MR) is 89.7 cm³/mol. The zero-order chi connectivity index (χ0) is 15.3. The molecule has 0 fully saturated rings. The monoisotopic (exact) mass is 282 g/mol. The van der Waals surface area contributed by atoms with Gasteiger partial charge in [0.2, 0.25) is 0 Å². The van der Waals surface area contributed by atoms with Crippen LogP contribution in [0.5, 0.6) is 0 Å². The zero-order valence-corrected chi connectivity index (χ0v) is 13.1. The van der Waals surface area contributed by atoms with Crippen LogP contribution in [0.3, 0.4) is 0 Å². The SMILES string of the molecule is CNc1cc(N=Cc2ccccc2)ccc1C(C)(C)OC. The van der Waals surface area contributed by atoms with Crippen molar-refractivity contribution in [1.82, 2.24) is 0 Å². The third kappa shape index (κ3) is 3.70. The summed E-state index contributed by atoms with van der Waals surface area (Å²) in [5, 5.41) is 3.22. The number of hydrogen-bond donors (Lipinski definition) is 1. The van der Waals surface area contributed by atoms with E-state index in [2.05, 4.69) is 30.2 Å². The average molecular weight is 282 g/mol. The smallest absolute Gasteiger partial charge is 0.0891 e.